The Kier molecular flexibility index (Phi) is 4.73. The fraction of sp³-hybridized carbons (Fsp3) is 0.500. The normalized spacial score (nSPS) is 14.0. The van der Waals surface area contributed by atoms with Crippen LogP contribution in [0.3, 0.4) is 0 Å². The number of nitrogens with two attached hydrogens (primary N) is 1. The zero-order valence-corrected chi connectivity index (χ0v) is 11.3. The van der Waals surface area contributed by atoms with Crippen LogP contribution in [-0.2, 0) is 0 Å². The third kappa shape index (κ3) is 3.23. The Balaban J connectivity index is 2.91. The number of carbonyl (C=O) groups is 1. The average molecular weight is 250 g/mol. The second-order valence-electron chi connectivity index (χ2n) is 4.86. The van der Waals surface area contributed by atoms with Gasteiger partial charge in [0.2, 0.25) is 0 Å². The first kappa shape index (κ1) is 14.5. The van der Waals surface area contributed by atoms with E-state index in [9.17, 15) is 4.79 Å². The number of anilines is 1. The topological polar surface area (TPSA) is 75.3 Å². The van der Waals surface area contributed by atoms with E-state index < -0.39 is 0 Å². The first-order chi connectivity index (χ1) is 8.43. The van der Waals surface area contributed by atoms with E-state index in [1.165, 1.54) is 0 Å². The molecule has 18 heavy (non-hydrogen) atoms. The van der Waals surface area contributed by atoms with E-state index in [4.69, 9.17) is 10.8 Å². The van der Waals surface area contributed by atoms with Crippen molar-refractivity contribution in [2.75, 3.05) is 12.3 Å². The summed E-state index contributed by atoms with van der Waals surface area (Å²) < 4.78 is 0. The molecule has 1 rings (SSSR count). The largest absolute Gasteiger partial charge is 0.398 e. The quantitative estimate of drug-likeness (QED) is 0.698. The van der Waals surface area contributed by atoms with Gasteiger partial charge in [0.15, 0.2) is 0 Å². The second kappa shape index (κ2) is 5.87. The maximum Gasteiger partial charge on any atom is 0.252 e. The smallest absolute Gasteiger partial charge is 0.252 e. The van der Waals surface area contributed by atoms with Crippen molar-refractivity contribution in [3.8, 4) is 0 Å². The lowest BCUT2D eigenvalue weighted by molar-refractivity contribution is 0.0885. The number of hydrogen-bond acceptors (Lipinski definition) is 3. The minimum absolute atomic E-state index is 0.0561. The van der Waals surface area contributed by atoms with Gasteiger partial charge in [-0.1, -0.05) is 13.0 Å². The summed E-state index contributed by atoms with van der Waals surface area (Å²) in [6, 6.07) is 5.31. The van der Waals surface area contributed by atoms with Crippen LogP contribution < -0.4 is 11.1 Å². The third-order valence-corrected chi connectivity index (χ3v) is 3.48. The van der Waals surface area contributed by atoms with Crippen LogP contribution in [0.5, 0.6) is 0 Å². The van der Waals surface area contributed by atoms with Crippen molar-refractivity contribution in [1.29, 1.82) is 0 Å². The second-order valence-corrected chi connectivity index (χ2v) is 4.86. The Labute approximate surface area is 108 Å². The van der Waals surface area contributed by atoms with Gasteiger partial charge in [-0.3, -0.25) is 4.79 Å². The first-order valence-corrected chi connectivity index (χ1v) is 6.22. The minimum Gasteiger partial charge on any atom is -0.398 e. The van der Waals surface area contributed by atoms with Crippen molar-refractivity contribution in [3.63, 3.8) is 0 Å². The van der Waals surface area contributed by atoms with Crippen molar-refractivity contribution >= 4 is 11.6 Å². The van der Waals surface area contributed by atoms with Crippen LogP contribution in [0.2, 0.25) is 0 Å². The lowest BCUT2D eigenvalue weighted by Gasteiger charge is -2.29. The van der Waals surface area contributed by atoms with Gasteiger partial charge in [-0.2, -0.15) is 0 Å². The summed E-state index contributed by atoms with van der Waals surface area (Å²) in [5.41, 5.74) is 7.40. The standard InChI is InChI=1S/C14H22N2O2/c1-4-14(3,8-9-17)16-13(18)11-6-5-7-12(15)10(11)2/h5-7,17H,4,8-9,15H2,1-3H3,(H,16,18). The van der Waals surface area contributed by atoms with Crippen LogP contribution in [0.4, 0.5) is 5.69 Å². The molecule has 4 heteroatoms. The summed E-state index contributed by atoms with van der Waals surface area (Å²) in [7, 11) is 0. The van der Waals surface area contributed by atoms with Crippen LogP contribution in [0.25, 0.3) is 0 Å². The summed E-state index contributed by atoms with van der Waals surface area (Å²) in [5, 5.41) is 12.0. The molecule has 0 bridgehead atoms. The summed E-state index contributed by atoms with van der Waals surface area (Å²) in [4.78, 5) is 12.2. The Bertz CT molecular complexity index is 432. The number of carbonyl (C=O) groups excluding carboxylic acids is 1. The Morgan fingerprint density at radius 2 is 2.17 bits per heavy atom. The molecule has 0 aliphatic heterocycles. The van der Waals surface area contributed by atoms with E-state index in [-0.39, 0.29) is 18.1 Å². The molecule has 1 atom stereocenters. The molecule has 100 valence electrons. The highest BCUT2D eigenvalue weighted by Gasteiger charge is 2.24. The number of aliphatic hydroxyl groups excluding tert-OH is 1. The zero-order chi connectivity index (χ0) is 13.8. The van der Waals surface area contributed by atoms with Gasteiger partial charge in [-0.15, -0.1) is 0 Å². The molecule has 0 spiro atoms. The predicted octanol–water partition coefficient (Wildman–Crippen LogP) is 1.86. The number of aliphatic hydroxyl groups is 1. The molecule has 1 unspecified atom stereocenters. The Hall–Kier alpha value is -1.55. The molecule has 0 heterocycles. The maximum absolute atomic E-state index is 12.2. The molecule has 0 aliphatic rings. The molecular formula is C14H22N2O2. The Morgan fingerprint density at radius 3 is 2.72 bits per heavy atom. The third-order valence-electron chi connectivity index (χ3n) is 3.48. The molecular weight excluding hydrogens is 228 g/mol. The van der Waals surface area contributed by atoms with Crippen molar-refractivity contribution < 1.29 is 9.90 Å². The Morgan fingerprint density at radius 1 is 1.50 bits per heavy atom. The molecule has 1 amide bonds. The molecule has 0 radical (unpaired) electrons. The summed E-state index contributed by atoms with van der Waals surface area (Å²) in [6.07, 6.45) is 1.30. The van der Waals surface area contributed by atoms with E-state index in [1.807, 2.05) is 20.8 Å². The predicted molar refractivity (Wildman–Crippen MR) is 73.5 cm³/mol. The summed E-state index contributed by atoms with van der Waals surface area (Å²) in [6.45, 7) is 5.81. The number of hydrogen-bond donors (Lipinski definition) is 3. The van der Waals surface area contributed by atoms with Crippen LogP contribution in [0.1, 0.15) is 42.6 Å². The molecule has 0 saturated heterocycles. The van der Waals surface area contributed by atoms with Crippen molar-refractivity contribution in [2.45, 2.75) is 39.2 Å². The summed E-state index contributed by atoms with van der Waals surface area (Å²) in [5.74, 6) is -0.141. The van der Waals surface area contributed by atoms with Gasteiger partial charge in [0, 0.05) is 23.4 Å². The molecule has 0 aromatic heterocycles. The number of amides is 1. The minimum atomic E-state index is -0.386. The molecule has 0 saturated carbocycles. The number of benzene rings is 1. The van der Waals surface area contributed by atoms with E-state index in [1.54, 1.807) is 18.2 Å². The van der Waals surface area contributed by atoms with Gasteiger partial charge < -0.3 is 16.2 Å². The number of rotatable bonds is 5. The van der Waals surface area contributed by atoms with Crippen LogP contribution in [0.15, 0.2) is 18.2 Å². The van der Waals surface area contributed by atoms with Gasteiger partial charge in [0.05, 0.1) is 0 Å². The van der Waals surface area contributed by atoms with E-state index in [0.717, 1.165) is 12.0 Å². The molecule has 4 N–H and O–H groups in total. The van der Waals surface area contributed by atoms with E-state index in [0.29, 0.717) is 17.7 Å². The molecule has 1 aromatic carbocycles. The lowest BCUT2D eigenvalue weighted by atomic mass is 9.94. The first-order valence-electron chi connectivity index (χ1n) is 6.22. The fourth-order valence-corrected chi connectivity index (χ4v) is 1.82. The van der Waals surface area contributed by atoms with Gasteiger partial charge in [0.1, 0.15) is 0 Å². The molecule has 1 aromatic rings. The number of nitrogens with one attached hydrogen (secondary N) is 1. The van der Waals surface area contributed by atoms with Crippen molar-refractivity contribution in [2.24, 2.45) is 0 Å². The van der Waals surface area contributed by atoms with Gasteiger partial charge in [-0.25, -0.2) is 0 Å². The van der Waals surface area contributed by atoms with Gasteiger partial charge in [-0.05, 0) is 44.4 Å². The van der Waals surface area contributed by atoms with Crippen molar-refractivity contribution in [3.05, 3.63) is 29.3 Å². The zero-order valence-electron chi connectivity index (χ0n) is 11.3. The highest BCUT2D eigenvalue weighted by atomic mass is 16.3. The van der Waals surface area contributed by atoms with E-state index in [2.05, 4.69) is 5.32 Å². The summed E-state index contributed by atoms with van der Waals surface area (Å²) >= 11 is 0. The SMILES string of the molecule is CCC(C)(CCO)NC(=O)c1cccc(N)c1C. The van der Waals surface area contributed by atoms with Crippen LogP contribution in [0, 0.1) is 6.92 Å². The molecule has 4 nitrogen and oxygen atoms in total. The highest BCUT2D eigenvalue weighted by molar-refractivity contribution is 5.97. The van der Waals surface area contributed by atoms with Crippen LogP contribution in [-0.4, -0.2) is 23.2 Å². The van der Waals surface area contributed by atoms with E-state index >= 15 is 0 Å². The van der Waals surface area contributed by atoms with Gasteiger partial charge in [0.25, 0.3) is 5.91 Å². The van der Waals surface area contributed by atoms with Crippen LogP contribution >= 0.6 is 0 Å². The monoisotopic (exact) mass is 250 g/mol. The fourth-order valence-electron chi connectivity index (χ4n) is 1.82. The lowest BCUT2D eigenvalue weighted by Crippen LogP contribution is -2.46. The van der Waals surface area contributed by atoms with Gasteiger partial charge >= 0.3 is 0 Å². The average Bonchev–Trinajstić information content (AvgIpc) is 2.32. The molecule has 0 aliphatic carbocycles. The van der Waals surface area contributed by atoms with Crippen molar-refractivity contribution in [1.82, 2.24) is 5.32 Å². The molecule has 0 fully saturated rings. The number of nitrogen functional groups attached to an aromatic ring is 1. The highest BCUT2D eigenvalue weighted by Crippen LogP contribution is 2.19. The maximum atomic E-state index is 12.2.